The van der Waals surface area contributed by atoms with E-state index in [1.165, 1.54) is 32.1 Å². The van der Waals surface area contributed by atoms with Crippen LogP contribution in [0.4, 0.5) is 5.69 Å². The van der Waals surface area contributed by atoms with Crippen molar-refractivity contribution in [2.75, 3.05) is 31.5 Å². The Labute approximate surface area is 155 Å². The highest BCUT2D eigenvalue weighted by Crippen LogP contribution is 2.34. The fourth-order valence-electron chi connectivity index (χ4n) is 3.94. The van der Waals surface area contributed by atoms with Crippen LogP contribution in [0.15, 0.2) is 18.2 Å². The lowest BCUT2D eigenvalue weighted by Gasteiger charge is -2.49. The third-order valence-corrected chi connectivity index (χ3v) is 5.75. The van der Waals surface area contributed by atoms with Gasteiger partial charge in [-0.15, -0.1) is 12.4 Å². The second-order valence-electron chi connectivity index (χ2n) is 6.84. The predicted molar refractivity (Wildman–Crippen MR) is 102 cm³/mol. The second-order valence-corrected chi connectivity index (χ2v) is 7.25. The molecule has 4 nitrogen and oxygen atoms in total. The number of hydrogen-bond donors (Lipinski definition) is 2. The molecule has 1 saturated heterocycles. The molecule has 2 N–H and O–H groups in total. The van der Waals surface area contributed by atoms with E-state index in [4.69, 9.17) is 11.6 Å². The minimum atomic E-state index is 0. The molecule has 134 valence electrons. The molecule has 6 heteroatoms. The fraction of sp³-hybridized carbons (Fsp3) is 0.611. The first-order valence-corrected chi connectivity index (χ1v) is 8.99. The van der Waals surface area contributed by atoms with Crippen LogP contribution in [0.3, 0.4) is 0 Å². The van der Waals surface area contributed by atoms with Gasteiger partial charge in [-0.3, -0.25) is 9.69 Å². The number of piperazine rings is 1. The summed E-state index contributed by atoms with van der Waals surface area (Å²) in [5, 5.41) is 7.25. The number of hydrogen-bond acceptors (Lipinski definition) is 3. The second kappa shape index (κ2) is 8.52. The monoisotopic (exact) mass is 371 g/mol. The maximum absolute atomic E-state index is 12.6. The molecule has 1 aromatic rings. The average molecular weight is 372 g/mol. The maximum Gasteiger partial charge on any atom is 0.238 e. The minimum absolute atomic E-state index is 0. The van der Waals surface area contributed by atoms with E-state index in [1.54, 1.807) is 0 Å². The van der Waals surface area contributed by atoms with E-state index in [0.717, 1.165) is 30.9 Å². The quantitative estimate of drug-likeness (QED) is 0.852. The van der Waals surface area contributed by atoms with Crippen LogP contribution in [-0.4, -0.2) is 42.5 Å². The molecule has 1 aromatic carbocycles. The Kier molecular flexibility index (Phi) is 6.93. The average Bonchev–Trinajstić information content (AvgIpc) is 2.55. The van der Waals surface area contributed by atoms with Crippen LogP contribution in [0.2, 0.25) is 5.02 Å². The number of carbonyl (C=O) groups is 1. The molecular weight excluding hydrogens is 345 g/mol. The van der Waals surface area contributed by atoms with Crippen molar-refractivity contribution in [3.05, 3.63) is 28.8 Å². The molecule has 1 heterocycles. The third-order valence-electron chi connectivity index (χ3n) is 5.34. The molecule has 2 aliphatic rings. The van der Waals surface area contributed by atoms with Crippen molar-refractivity contribution >= 4 is 35.6 Å². The van der Waals surface area contributed by atoms with E-state index < -0.39 is 0 Å². The van der Waals surface area contributed by atoms with Crippen molar-refractivity contribution in [2.45, 2.75) is 44.6 Å². The van der Waals surface area contributed by atoms with Gasteiger partial charge in [0.05, 0.1) is 6.54 Å². The Bertz CT molecular complexity index is 565. The van der Waals surface area contributed by atoms with Gasteiger partial charge in [-0.2, -0.15) is 0 Å². The zero-order valence-corrected chi connectivity index (χ0v) is 15.8. The Morgan fingerprint density at radius 2 is 2.08 bits per heavy atom. The van der Waals surface area contributed by atoms with Crippen molar-refractivity contribution in [2.24, 2.45) is 0 Å². The molecular formula is C18H27Cl2N3O. The number of rotatable bonds is 3. The van der Waals surface area contributed by atoms with Crippen molar-refractivity contribution in [3.8, 4) is 0 Å². The van der Waals surface area contributed by atoms with Crippen molar-refractivity contribution in [1.82, 2.24) is 10.2 Å². The summed E-state index contributed by atoms with van der Waals surface area (Å²) in [5.41, 5.74) is 1.92. The summed E-state index contributed by atoms with van der Waals surface area (Å²) >= 11 is 6.14. The van der Waals surface area contributed by atoms with Gasteiger partial charge in [0.25, 0.3) is 0 Å². The highest BCUT2D eigenvalue weighted by Gasteiger charge is 2.40. The molecule has 0 unspecified atom stereocenters. The number of nitrogens with zero attached hydrogens (tertiary/aromatic N) is 1. The van der Waals surface area contributed by atoms with Crippen LogP contribution in [0.25, 0.3) is 0 Å². The SMILES string of the molecule is Cc1c(Cl)cccc1NC(=O)CN1CCNCC12CCCCC2.Cl. The Morgan fingerprint density at radius 1 is 1.33 bits per heavy atom. The van der Waals surface area contributed by atoms with E-state index in [-0.39, 0.29) is 23.9 Å². The molecule has 1 saturated carbocycles. The summed E-state index contributed by atoms with van der Waals surface area (Å²) in [5.74, 6) is 0.0576. The number of benzene rings is 1. The van der Waals surface area contributed by atoms with Crippen molar-refractivity contribution in [3.63, 3.8) is 0 Å². The van der Waals surface area contributed by atoms with Crippen LogP contribution in [-0.2, 0) is 4.79 Å². The van der Waals surface area contributed by atoms with Crippen LogP contribution in [0.1, 0.15) is 37.7 Å². The zero-order chi connectivity index (χ0) is 16.3. The molecule has 0 bridgehead atoms. The smallest absolute Gasteiger partial charge is 0.238 e. The van der Waals surface area contributed by atoms with Gasteiger partial charge in [0.1, 0.15) is 0 Å². The Balaban J connectivity index is 0.00000208. The van der Waals surface area contributed by atoms with E-state index in [9.17, 15) is 4.79 Å². The summed E-state index contributed by atoms with van der Waals surface area (Å²) in [6.45, 7) is 5.32. The molecule has 0 aromatic heterocycles. The molecule has 2 fully saturated rings. The number of carbonyl (C=O) groups excluding carboxylic acids is 1. The van der Waals surface area contributed by atoms with Gasteiger partial charge >= 0.3 is 0 Å². The molecule has 1 aliphatic carbocycles. The minimum Gasteiger partial charge on any atom is -0.325 e. The first kappa shape index (κ1) is 19.5. The topological polar surface area (TPSA) is 44.4 Å². The first-order chi connectivity index (χ1) is 11.1. The molecule has 1 aliphatic heterocycles. The van der Waals surface area contributed by atoms with Crippen LogP contribution < -0.4 is 10.6 Å². The van der Waals surface area contributed by atoms with E-state index in [0.29, 0.717) is 11.6 Å². The largest absolute Gasteiger partial charge is 0.325 e. The van der Waals surface area contributed by atoms with E-state index in [2.05, 4.69) is 15.5 Å². The van der Waals surface area contributed by atoms with Gasteiger partial charge in [0, 0.05) is 35.9 Å². The van der Waals surface area contributed by atoms with Crippen LogP contribution >= 0.6 is 24.0 Å². The lowest BCUT2D eigenvalue weighted by Crippen LogP contribution is -2.63. The van der Waals surface area contributed by atoms with Crippen LogP contribution in [0, 0.1) is 6.92 Å². The van der Waals surface area contributed by atoms with Gasteiger partial charge in [-0.1, -0.05) is 36.9 Å². The lowest BCUT2D eigenvalue weighted by atomic mass is 9.79. The standard InChI is InChI=1S/C18H26ClN3O.ClH/c1-14-15(19)6-5-7-16(14)21-17(23)12-22-11-10-20-13-18(22)8-3-2-4-9-18;/h5-7,20H,2-4,8-13H2,1H3,(H,21,23);1H. The summed E-state index contributed by atoms with van der Waals surface area (Å²) in [7, 11) is 0. The molecule has 1 spiro atoms. The number of amides is 1. The van der Waals surface area contributed by atoms with Gasteiger partial charge < -0.3 is 10.6 Å². The van der Waals surface area contributed by atoms with E-state index in [1.807, 2.05) is 25.1 Å². The highest BCUT2D eigenvalue weighted by atomic mass is 35.5. The van der Waals surface area contributed by atoms with Gasteiger partial charge in [0.15, 0.2) is 0 Å². The molecule has 3 rings (SSSR count). The Morgan fingerprint density at radius 3 is 2.83 bits per heavy atom. The van der Waals surface area contributed by atoms with Gasteiger partial charge in [0.2, 0.25) is 5.91 Å². The molecule has 24 heavy (non-hydrogen) atoms. The lowest BCUT2D eigenvalue weighted by molar-refractivity contribution is -0.120. The van der Waals surface area contributed by atoms with Crippen LogP contribution in [0.5, 0.6) is 0 Å². The third kappa shape index (κ3) is 4.23. The highest BCUT2D eigenvalue weighted by molar-refractivity contribution is 6.31. The Hall–Kier alpha value is -0.810. The van der Waals surface area contributed by atoms with Crippen molar-refractivity contribution < 1.29 is 4.79 Å². The first-order valence-electron chi connectivity index (χ1n) is 8.61. The van der Waals surface area contributed by atoms with E-state index >= 15 is 0 Å². The summed E-state index contributed by atoms with van der Waals surface area (Å²) in [6, 6.07) is 5.63. The van der Waals surface area contributed by atoms with Crippen molar-refractivity contribution in [1.29, 1.82) is 0 Å². The summed E-state index contributed by atoms with van der Waals surface area (Å²) < 4.78 is 0. The predicted octanol–water partition coefficient (Wildman–Crippen LogP) is 3.62. The fourth-order valence-corrected chi connectivity index (χ4v) is 4.11. The number of nitrogens with one attached hydrogen (secondary N) is 2. The van der Waals surface area contributed by atoms with Gasteiger partial charge in [-0.05, 0) is 37.5 Å². The number of anilines is 1. The number of halogens is 2. The summed E-state index contributed by atoms with van der Waals surface area (Å²) in [4.78, 5) is 15.0. The summed E-state index contributed by atoms with van der Waals surface area (Å²) in [6.07, 6.45) is 6.26. The normalized spacial score (nSPS) is 20.4. The molecule has 0 radical (unpaired) electrons. The zero-order valence-electron chi connectivity index (χ0n) is 14.2. The molecule has 0 atom stereocenters. The van der Waals surface area contributed by atoms with Gasteiger partial charge in [-0.25, -0.2) is 0 Å². The molecule has 1 amide bonds. The maximum atomic E-state index is 12.6.